The van der Waals surface area contributed by atoms with Gasteiger partial charge in [0, 0.05) is 18.9 Å². The van der Waals surface area contributed by atoms with Gasteiger partial charge in [0.15, 0.2) is 5.84 Å². The molecule has 1 heterocycles. The van der Waals surface area contributed by atoms with Gasteiger partial charge in [-0.25, -0.2) is 9.98 Å². The van der Waals surface area contributed by atoms with Gasteiger partial charge in [0.2, 0.25) is 0 Å². The summed E-state index contributed by atoms with van der Waals surface area (Å²) in [5.74, 6) is 1.30. The summed E-state index contributed by atoms with van der Waals surface area (Å²) in [5, 5.41) is 4.50. The number of amidine groups is 1. The predicted octanol–water partition coefficient (Wildman–Crippen LogP) is 7.80. The Morgan fingerprint density at radius 3 is 2.04 bits per heavy atom. The zero-order valence-electron chi connectivity index (χ0n) is 18.8. The van der Waals surface area contributed by atoms with Crippen LogP contribution in [0.15, 0.2) is 35.0 Å². The van der Waals surface area contributed by atoms with Crippen molar-refractivity contribution in [3.8, 4) is 0 Å². The monoisotopic (exact) mass is 380 g/mol. The average molecular weight is 381 g/mol. The Morgan fingerprint density at radius 2 is 1.59 bits per heavy atom. The molecule has 1 aliphatic carbocycles. The molecule has 4 nitrogen and oxygen atoms in total. The van der Waals surface area contributed by atoms with Crippen LogP contribution in [-0.2, 0) is 6.54 Å². The lowest BCUT2D eigenvalue weighted by Gasteiger charge is -2.21. The molecule has 0 bridgehead atoms. The highest BCUT2D eigenvalue weighted by Gasteiger charge is 2.14. The third-order valence-corrected chi connectivity index (χ3v) is 3.40. The first kappa shape index (κ1) is 32.9. The molecule has 0 amide bonds. The molecule has 0 saturated heterocycles. The standard InChI is InChI=1S/C14H20N4.4C2H6.CH4/c1-3-16-14(15-2)13-9-10-18(17-13)11-12-7-5-4-6-8-12;4*1-2;/h3,9-10,12H,1-2,4-8,11H2;4*1-2H3;1H4. The van der Waals surface area contributed by atoms with Crippen LogP contribution in [0.25, 0.3) is 0 Å². The second-order valence-electron chi connectivity index (χ2n) is 4.72. The van der Waals surface area contributed by atoms with E-state index < -0.39 is 0 Å². The summed E-state index contributed by atoms with van der Waals surface area (Å²) < 4.78 is 2.00. The zero-order chi connectivity index (χ0) is 20.8. The van der Waals surface area contributed by atoms with Crippen LogP contribution in [0.1, 0.15) is 101 Å². The first-order chi connectivity index (χ1) is 12.8. The van der Waals surface area contributed by atoms with E-state index >= 15 is 0 Å². The first-order valence-corrected chi connectivity index (χ1v) is 10.5. The summed E-state index contributed by atoms with van der Waals surface area (Å²) in [6.07, 6.45) is 10.2. The van der Waals surface area contributed by atoms with Crippen LogP contribution in [0, 0.1) is 5.92 Å². The highest BCUT2D eigenvalue weighted by atomic mass is 15.3. The van der Waals surface area contributed by atoms with Crippen LogP contribution < -0.4 is 0 Å². The molecule has 1 aromatic heterocycles. The van der Waals surface area contributed by atoms with Crippen molar-refractivity contribution in [1.29, 1.82) is 0 Å². The highest BCUT2D eigenvalue weighted by Crippen LogP contribution is 2.24. The Balaban J connectivity index is -0.000000261. The minimum Gasteiger partial charge on any atom is -0.272 e. The van der Waals surface area contributed by atoms with Crippen LogP contribution in [0.4, 0.5) is 0 Å². The van der Waals surface area contributed by atoms with E-state index in [0.29, 0.717) is 5.84 Å². The van der Waals surface area contributed by atoms with E-state index in [2.05, 4.69) is 28.4 Å². The topological polar surface area (TPSA) is 42.5 Å². The summed E-state index contributed by atoms with van der Waals surface area (Å²) in [6, 6.07) is 1.93. The number of aliphatic imine (C=N–C) groups is 2. The maximum absolute atomic E-state index is 4.50. The van der Waals surface area contributed by atoms with Gasteiger partial charge in [-0.15, -0.1) is 0 Å². The van der Waals surface area contributed by atoms with Crippen LogP contribution in [0.5, 0.6) is 0 Å². The van der Waals surface area contributed by atoms with Crippen molar-refractivity contribution < 1.29 is 0 Å². The second kappa shape index (κ2) is 26.5. The molecule has 0 aromatic carbocycles. The van der Waals surface area contributed by atoms with Crippen molar-refractivity contribution in [2.75, 3.05) is 0 Å². The molecule has 1 fully saturated rings. The molecule has 1 saturated carbocycles. The van der Waals surface area contributed by atoms with Crippen molar-refractivity contribution in [1.82, 2.24) is 9.78 Å². The smallest absolute Gasteiger partial charge is 0.179 e. The zero-order valence-corrected chi connectivity index (χ0v) is 18.8. The second-order valence-corrected chi connectivity index (χ2v) is 4.72. The molecule has 0 atom stereocenters. The van der Waals surface area contributed by atoms with E-state index in [1.807, 2.05) is 72.3 Å². The molecule has 4 heteroatoms. The summed E-state index contributed by atoms with van der Waals surface area (Å²) >= 11 is 0. The largest absolute Gasteiger partial charge is 0.272 e. The van der Waals surface area contributed by atoms with E-state index in [1.165, 1.54) is 38.3 Å². The lowest BCUT2D eigenvalue weighted by molar-refractivity contribution is 0.308. The third-order valence-electron chi connectivity index (χ3n) is 3.40. The van der Waals surface area contributed by atoms with Crippen LogP contribution >= 0.6 is 0 Å². The lowest BCUT2D eigenvalue weighted by atomic mass is 9.89. The molecule has 27 heavy (non-hydrogen) atoms. The van der Waals surface area contributed by atoms with Gasteiger partial charge in [-0.2, -0.15) is 5.10 Å². The van der Waals surface area contributed by atoms with Gasteiger partial charge >= 0.3 is 0 Å². The summed E-state index contributed by atoms with van der Waals surface area (Å²) in [5.41, 5.74) is 0.765. The van der Waals surface area contributed by atoms with Gasteiger partial charge in [0.25, 0.3) is 0 Å². The predicted molar refractivity (Wildman–Crippen MR) is 127 cm³/mol. The van der Waals surface area contributed by atoms with Crippen LogP contribution in [0.2, 0.25) is 0 Å². The van der Waals surface area contributed by atoms with E-state index in [-0.39, 0.29) is 7.43 Å². The van der Waals surface area contributed by atoms with Gasteiger partial charge in [0.05, 0.1) is 0 Å². The van der Waals surface area contributed by atoms with Crippen LogP contribution in [-0.4, -0.2) is 22.3 Å². The third kappa shape index (κ3) is 15.1. The molecule has 0 unspecified atom stereocenters. The van der Waals surface area contributed by atoms with Gasteiger partial charge in [-0.05, 0) is 31.5 Å². The van der Waals surface area contributed by atoms with Crippen LogP contribution in [0.3, 0.4) is 0 Å². The van der Waals surface area contributed by atoms with Gasteiger partial charge < -0.3 is 0 Å². The normalized spacial score (nSPS) is 12.7. The fourth-order valence-electron chi connectivity index (χ4n) is 2.49. The lowest BCUT2D eigenvalue weighted by Crippen LogP contribution is -2.15. The molecule has 2 rings (SSSR count). The van der Waals surface area contributed by atoms with Crippen molar-refractivity contribution in [3.05, 3.63) is 30.7 Å². The number of nitrogens with zero attached hydrogens (tertiary/aromatic N) is 4. The Bertz CT molecular complexity index is 441. The Morgan fingerprint density at radius 1 is 1.07 bits per heavy atom. The quantitative estimate of drug-likeness (QED) is 0.388. The number of hydrogen-bond acceptors (Lipinski definition) is 2. The Labute approximate surface area is 170 Å². The van der Waals surface area contributed by atoms with Gasteiger partial charge in [-0.1, -0.05) is 88.7 Å². The minimum absolute atomic E-state index is 0. The fourth-order valence-corrected chi connectivity index (χ4v) is 2.49. The average Bonchev–Trinajstić information content (AvgIpc) is 3.21. The molecule has 1 aliphatic rings. The maximum Gasteiger partial charge on any atom is 0.179 e. The minimum atomic E-state index is 0. The molecule has 0 spiro atoms. The molecule has 1 aromatic rings. The van der Waals surface area contributed by atoms with Gasteiger partial charge in [-0.3, -0.25) is 4.68 Å². The molecular weight excluding hydrogens is 332 g/mol. The number of hydrogen-bond donors (Lipinski definition) is 0. The van der Waals surface area contributed by atoms with Crippen molar-refractivity contribution in [3.63, 3.8) is 0 Å². The highest BCUT2D eigenvalue weighted by molar-refractivity contribution is 6.00. The summed E-state index contributed by atoms with van der Waals surface area (Å²) in [6.45, 7) is 24.1. The first-order valence-electron chi connectivity index (χ1n) is 10.5. The SMILES string of the molecule is C.C=CN=C(N=C)c1ccn(CC2CCCCC2)n1.CC.CC.CC.CC. The molecule has 0 radical (unpaired) electrons. The fraction of sp³-hybridized carbons (Fsp3) is 0.696. The number of aromatic nitrogens is 2. The molecular formula is C23H48N4. The number of rotatable bonds is 4. The van der Waals surface area contributed by atoms with E-state index in [0.717, 1.165) is 18.2 Å². The molecule has 160 valence electrons. The molecule has 0 aliphatic heterocycles. The van der Waals surface area contributed by atoms with Crippen molar-refractivity contribution in [2.24, 2.45) is 15.9 Å². The Hall–Kier alpha value is -1.71. The summed E-state index contributed by atoms with van der Waals surface area (Å²) in [7, 11) is 0. The molecule has 0 N–H and O–H groups in total. The van der Waals surface area contributed by atoms with Gasteiger partial charge in [0.1, 0.15) is 5.69 Å². The summed E-state index contributed by atoms with van der Waals surface area (Å²) in [4.78, 5) is 7.91. The Kier molecular flexibility index (Phi) is 32.3. The maximum atomic E-state index is 4.50. The van der Waals surface area contributed by atoms with E-state index in [1.54, 1.807) is 0 Å². The van der Waals surface area contributed by atoms with Crippen molar-refractivity contribution in [2.45, 2.75) is 101 Å². The van der Waals surface area contributed by atoms with Crippen molar-refractivity contribution >= 4 is 12.6 Å². The van der Waals surface area contributed by atoms with E-state index in [4.69, 9.17) is 0 Å². The van der Waals surface area contributed by atoms with E-state index in [9.17, 15) is 0 Å².